The van der Waals surface area contributed by atoms with Gasteiger partial charge in [0.05, 0.1) is 15.1 Å². The van der Waals surface area contributed by atoms with Crippen LogP contribution in [0.3, 0.4) is 0 Å². The van der Waals surface area contributed by atoms with Gasteiger partial charge in [-0.15, -0.1) is 0 Å². The number of carbonyl (C=O) groups is 1. The number of anilines is 1. The molecule has 0 radical (unpaired) electrons. The molecule has 2 rings (SSSR count). The van der Waals surface area contributed by atoms with Gasteiger partial charge in [-0.1, -0.05) is 17.7 Å². The minimum absolute atomic E-state index is 0.0847. The van der Waals surface area contributed by atoms with Gasteiger partial charge < -0.3 is 10.5 Å². The monoisotopic (exact) mass is 340 g/mol. The summed E-state index contributed by atoms with van der Waals surface area (Å²) in [6.07, 6.45) is 3.09. The van der Waals surface area contributed by atoms with Gasteiger partial charge in [-0.25, -0.2) is 4.79 Å². The Morgan fingerprint density at radius 3 is 2.95 bits per heavy atom. The van der Waals surface area contributed by atoms with E-state index >= 15 is 0 Å². The van der Waals surface area contributed by atoms with E-state index in [0.29, 0.717) is 26.3 Å². The number of nitrogen functional groups attached to an aromatic ring is 1. The Balaban J connectivity index is 2.10. The maximum absolute atomic E-state index is 11.9. The number of hydrogen-bond donors (Lipinski definition) is 1. The third kappa shape index (κ3) is 3.24. The summed E-state index contributed by atoms with van der Waals surface area (Å²) in [7, 11) is 0. The molecule has 0 saturated carbocycles. The van der Waals surface area contributed by atoms with Crippen molar-refractivity contribution in [2.45, 2.75) is 6.61 Å². The second kappa shape index (κ2) is 6.04. The number of halogens is 2. The van der Waals surface area contributed by atoms with Gasteiger partial charge in [-0.05, 0) is 34.1 Å². The van der Waals surface area contributed by atoms with Crippen molar-refractivity contribution in [2.75, 3.05) is 5.73 Å². The molecule has 1 aromatic heterocycles. The number of rotatable bonds is 3. The standard InChI is InChI=1S/C13H10BrClN2O2/c14-12-9(2-1-3-11(12)16)13(18)19-7-8-4-5-17-6-10(8)15/h1-6H,7,16H2. The number of benzene rings is 1. The van der Waals surface area contributed by atoms with Crippen LogP contribution in [0.1, 0.15) is 15.9 Å². The molecule has 4 nitrogen and oxygen atoms in total. The lowest BCUT2D eigenvalue weighted by molar-refractivity contribution is 0.0472. The minimum Gasteiger partial charge on any atom is -0.457 e. The molecule has 0 atom stereocenters. The number of esters is 1. The zero-order valence-corrected chi connectivity index (χ0v) is 12.1. The number of pyridine rings is 1. The highest BCUT2D eigenvalue weighted by atomic mass is 79.9. The third-order valence-electron chi connectivity index (χ3n) is 2.46. The minimum atomic E-state index is -0.466. The Bertz CT molecular complexity index is 619. The summed E-state index contributed by atoms with van der Waals surface area (Å²) >= 11 is 9.19. The van der Waals surface area contributed by atoms with E-state index in [-0.39, 0.29) is 6.61 Å². The number of nitrogens with two attached hydrogens (primary N) is 1. The van der Waals surface area contributed by atoms with Gasteiger partial charge in [0.1, 0.15) is 6.61 Å². The van der Waals surface area contributed by atoms with Crippen LogP contribution in [0, 0.1) is 0 Å². The van der Waals surface area contributed by atoms with E-state index in [2.05, 4.69) is 20.9 Å². The fourth-order valence-corrected chi connectivity index (χ4v) is 2.05. The highest BCUT2D eigenvalue weighted by Crippen LogP contribution is 2.25. The summed E-state index contributed by atoms with van der Waals surface area (Å²) in [4.78, 5) is 15.8. The molecule has 0 bridgehead atoms. The second-order valence-corrected chi connectivity index (χ2v) is 4.95. The van der Waals surface area contributed by atoms with E-state index in [0.717, 1.165) is 0 Å². The van der Waals surface area contributed by atoms with Gasteiger partial charge in [0.2, 0.25) is 0 Å². The number of ether oxygens (including phenoxy) is 1. The van der Waals surface area contributed by atoms with E-state index in [1.807, 2.05) is 0 Å². The lowest BCUT2D eigenvalue weighted by Gasteiger charge is -2.08. The van der Waals surface area contributed by atoms with Crippen LogP contribution in [-0.4, -0.2) is 11.0 Å². The molecule has 0 fully saturated rings. The molecule has 6 heteroatoms. The molecule has 0 saturated heterocycles. The van der Waals surface area contributed by atoms with E-state index < -0.39 is 5.97 Å². The molecule has 19 heavy (non-hydrogen) atoms. The van der Waals surface area contributed by atoms with Crippen molar-refractivity contribution in [3.8, 4) is 0 Å². The maximum Gasteiger partial charge on any atom is 0.339 e. The number of hydrogen-bond acceptors (Lipinski definition) is 4. The van der Waals surface area contributed by atoms with Gasteiger partial charge in [0, 0.05) is 23.6 Å². The van der Waals surface area contributed by atoms with Crippen LogP contribution < -0.4 is 5.73 Å². The van der Waals surface area contributed by atoms with Gasteiger partial charge >= 0.3 is 5.97 Å². The summed E-state index contributed by atoms with van der Waals surface area (Å²) in [5.41, 5.74) is 7.27. The number of aromatic nitrogens is 1. The summed E-state index contributed by atoms with van der Waals surface area (Å²) in [5, 5.41) is 0.460. The maximum atomic E-state index is 11.9. The predicted molar refractivity (Wildman–Crippen MR) is 76.9 cm³/mol. The van der Waals surface area contributed by atoms with Gasteiger partial charge in [-0.3, -0.25) is 4.98 Å². The summed E-state index contributed by atoms with van der Waals surface area (Å²) in [6.45, 7) is 0.0847. The Hall–Kier alpha value is -1.59. The van der Waals surface area contributed by atoms with Crippen LogP contribution in [0.4, 0.5) is 5.69 Å². The molecule has 1 heterocycles. The zero-order valence-electron chi connectivity index (χ0n) is 9.77. The molecule has 0 amide bonds. The van der Waals surface area contributed by atoms with Crippen LogP contribution >= 0.6 is 27.5 Å². The fraction of sp³-hybridized carbons (Fsp3) is 0.0769. The van der Waals surface area contributed by atoms with Crippen molar-refractivity contribution in [3.63, 3.8) is 0 Å². The molecule has 0 aliphatic rings. The summed E-state index contributed by atoms with van der Waals surface area (Å²) < 4.78 is 5.72. The lowest BCUT2D eigenvalue weighted by Crippen LogP contribution is -2.07. The van der Waals surface area contributed by atoms with Crippen LogP contribution in [0.5, 0.6) is 0 Å². The van der Waals surface area contributed by atoms with Crippen molar-refractivity contribution < 1.29 is 9.53 Å². The average Bonchev–Trinajstić information content (AvgIpc) is 2.40. The van der Waals surface area contributed by atoms with Gasteiger partial charge in [-0.2, -0.15) is 0 Å². The van der Waals surface area contributed by atoms with E-state index in [9.17, 15) is 4.79 Å². The quantitative estimate of drug-likeness (QED) is 0.686. The molecule has 0 spiro atoms. The molecule has 2 N–H and O–H groups in total. The lowest BCUT2D eigenvalue weighted by atomic mass is 10.2. The van der Waals surface area contributed by atoms with Gasteiger partial charge in [0.15, 0.2) is 0 Å². The zero-order chi connectivity index (χ0) is 13.8. The van der Waals surface area contributed by atoms with Crippen LogP contribution in [-0.2, 0) is 11.3 Å². The molecular weight excluding hydrogens is 332 g/mol. The van der Waals surface area contributed by atoms with Crippen molar-refractivity contribution in [1.82, 2.24) is 4.98 Å². The highest BCUT2D eigenvalue weighted by Gasteiger charge is 2.13. The smallest absolute Gasteiger partial charge is 0.339 e. The SMILES string of the molecule is Nc1cccc(C(=O)OCc2ccncc2Cl)c1Br. The average molecular weight is 342 g/mol. The molecule has 0 unspecified atom stereocenters. The van der Waals surface area contributed by atoms with E-state index in [4.69, 9.17) is 22.1 Å². The normalized spacial score (nSPS) is 10.2. The van der Waals surface area contributed by atoms with E-state index in [1.165, 1.54) is 6.20 Å². The number of carbonyl (C=O) groups excluding carboxylic acids is 1. The third-order valence-corrected chi connectivity index (χ3v) is 3.69. The van der Waals surface area contributed by atoms with Crippen molar-refractivity contribution in [3.05, 3.63) is 57.3 Å². The Morgan fingerprint density at radius 1 is 1.42 bits per heavy atom. The van der Waals surface area contributed by atoms with Gasteiger partial charge in [0.25, 0.3) is 0 Å². The number of nitrogens with zero attached hydrogens (tertiary/aromatic N) is 1. The first-order chi connectivity index (χ1) is 9.09. The largest absolute Gasteiger partial charge is 0.457 e. The molecule has 0 aliphatic heterocycles. The van der Waals surface area contributed by atoms with Crippen molar-refractivity contribution >= 4 is 39.2 Å². The molecular formula is C13H10BrClN2O2. The topological polar surface area (TPSA) is 65.2 Å². The van der Waals surface area contributed by atoms with Crippen LogP contribution in [0.25, 0.3) is 0 Å². The fourth-order valence-electron chi connectivity index (χ4n) is 1.45. The van der Waals surface area contributed by atoms with Crippen molar-refractivity contribution in [1.29, 1.82) is 0 Å². The first kappa shape index (κ1) is 13.8. The molecule has 2 aromatic rings. The second-order valence-electron chi connectivity index (χ2n) is 3.75. The van der Waals surface area contributed by atoms with Crippen molar-refractivity contribution in [2.24, 2.45) is 0 Å². The highest BCUT2D eigenvalue weighted by molar-refractivity contribution is 9.10. The van der Waals surface area contributed by atoms with Crippen LogP contribution in [0.15, 0.2) is 41.1 Å². The Morgan fingerprint density at radius 2 is 2.21 bits per heavy atom. The molecule has 0 aliphatic carbocycles. The van der Waals surface area contributed by atoms with E-state index in [1.54, 1.807) is 30.5 Å². The molecule has 98 valence electrons. The predicted octanol–water partition coefficient (Wildman–Crippen LogP) is 3.44. The molecule has 1 aromatic carbocycles. The summed E-state index contributed by atoms with van der Waals surface area (Å²) in [6, 6.07) is 6.72. The Kier molecular flexibility index (Phi) is 4.39. The first-order valence-corrected chi connectivity index (χ1v) is 6.56. The Labute approximate surface area is 123 Å². The van der Waals surface area contributed by atoms with Crippen LogP contribution in [0.2, 0.25) is 5.02 Å². The summed E-state index contributed by atoms with van der Waals surface area (Å²) in [5.74, 6) is -0.466. The first-order valence-electron chi connectivity index (χ1n) is 5.39.